The van der Waals surface area contributed by atoms with Crippen LogP contribution in [0.5, 0.6) is 5.75 Å². The monoisotopic (exact) mass is 443 g/mol. The Bertz CT molecular complexity index is 1300. The average molecular weight is 444 g/mol. The molecule has 0 spiro atoms. The second-order valence-corrected chi connectivity index (χ2v) is 7.96. The maximum Gasteiger partial charge on any atom is 0.244 e. The minimum atomic E-state index is -0.302. The number of carbonyl (C=O) groups excluding carboxylic acids is 1. The number of hydrogen-bond donors (Lipinski definition) is 1. The number of carbonyl (C=O) groups is 1. The van der Waals surface area contributed by atoms with E-state index in [-0.39, 0.29) is 11.7 Å². The highest BCUT2D eigenvalue weighted by Gasteiger charge is 2.15. The number of nitrogens with one attached hydrogen (secondary N) is 1. The summed E-state index contributed by atoms with van der Waals surface area (Å²) in [5, 5.41) is 3.80. The Labute approximate surface area is 192 Å². The highest BCUT2D eigenvalue weighted by atomic mass is 19.1. The molecule has 1 N–H and O–H groups in total. The zero-order chi connectivity index (χ0) is 23.4. The van der Waals surface area contributed by atoms with E-state index < -0.39 is 0 Å². The Balaban J connectivity index is 1.64. The van der Waals surface area contributed by atoms with Crippen LogP contribution < -0.4 is 10.1 Å². The van der Waals surface area contributed by atoms with Crippen LogP contribution in [0.2, 0.25) is 0 Å². The molecule has 0 saturated heterocycles. The van der Waals surface area contributed by atoms with Crippen LogP contribution in [0.3, 0.4) is 0 Å². The van der Waals surface area contributed by atoms with E-state index in [9.17, 15) is 9.18 Å². The van der Waals surface area contributed by atoms with Gasteiger partial charge in [0.05, 0.1) is 12.9 Å². The van der Waals surface area contributed by atoms with E-state index in [1.165, 1.54) is 17.7 Å². The first-order valence-corrected chi connectivity index (χ1v) is 10.9. The van der Waals surface area contributed by atoms with Crippen molar-refractivity contribution < 1.29 is 18.3 Å². The first-order chi connectivity index (χ1) is 15.9. The summed E-state index contributed by atoms with van der Waals surface area (Å²) in [6.45, 7) is 6.67. The van der Waals surface area contributed by atoms with Gasteiger partial charge in [-0.1, -0.05) is 42.0 Å². The lowest BCUT2D eigenvalue weighted by Gasteiger charge is -2.12. The third-order valence-corrected chi connectivity index (χ3v) is 5.49. The van der Waals surface area contributed by atoms with E-state index in [1.807, 2.05) is 26.0 Å². The number of rotatable bonds is 7. The summed E-state index contributed by atoms with van der Waals surface area (Å²) in [5.41, 5.74) is 6.40. The average Bonchev–Trinajstić information content (AvgIpc) is 3.21. The van der Waals surface area contributed by atoms with Gasteiger partial charge in [0.2, 0.25) is 5.91 Å². The number of allylic oxidation sites excluding steroid dienone is 1. The highest BCUT2D eigenvalue weighted by Crippen LogP contribution is 2.37. The van der Waals surface area contributed by atoms with Gasteiger partial charge in [0.15, 0.2) is 0 Å². The fraction of sp³-hybridized carbons (Fsp3) is 0.179. The van der Waals surface area contributed by atoms with Gasteiger partial charge in [-0.2, -0.15) is 0 Å². The molecule has 0 atom stereocenters. The number of hydrogen-bond acceptors (Lipinski definition) is 3. The molecule has 1 heterocycles. The van der Waals surface area contributed by atoms with E-state index in [4.69, 9.17) is 9.15 Å². The van der Waals surface area contributed by atoms with Crippen molar-refractivity contribution in [1.29, 1.82) is 0 Å². The first kappa shape index (κ1) is 22.3. The van der Waals surface area contributed by atoms with Gasteiger partial charge in [-0.05, 0) is 55.7 Å². The number of benzene rings is 3. The molecule has 0 unspecified atom stereocenters. The van der Waals surface area contributed by atoms with Crippen LogP contribution in [0.1, 0.15) is 30.5 Å². The van der Waals surface area contributed by atoms with Crippen molar-refractivity contribution in [2.45, 2.75) is 27.3 Å². The molecule has 0 aliphatic heterocycles. The fourth-order valence-corrected chi connectivity index (χ4v) is 3.71. The zero-order valence-corrected chi connectivity index (χ0v) is 18.9. The molecule has 0 aliphatic rings. The fourth-order valence-electron chi connectivity index (χ4n) is 3.71. The lowest BCUT2D eigenvalue weighted by Crippen LogP contribution is -2.20. The van der Waals surface area contributed by atoms with Gasteiger partial charge in [-0.3, -0.25) is 4.79 Å². The molecule has 4 rings (SSSR count). The minimum Gasteiger partial charge on any atom is -0.493 e. The highest BCUT2D eigenvalue weighted by molar-refractivity contribution is 6.00. The van der Waals surface area contributed by atoms with Gasteiger partial charge in [-0.25, -0.2) is 4.39 Å². The number of aryl methyl sites for hydroxylation is 1. The Morgan fingerprint density at radius 1 is 1.09 bits per heavy atom. The summed E-state index contributed by atoms with van der Waals surface area (Å²) in [7, 11) is 0. The van der Waals surface area contributed by atoms with Crippen LogP contribution in [-0.4, -0.2) is 12.5 Å². The van der Waals surface area contributed by atoms with E-state index in [0.717, 1.165) is 38.8 Å². The van der Waals surface area contributed by atoms with Crippen molar-refractivity contribution in [1.82, 2.24) is 5.32 Å². The van der Waals surface area contributed by atoms with E-state index >= 15 is 0 Å². The van der Waals surface area contributed by atoms with Gasteiger partial charge >= 0.3 is 0 Å². The molecule has 33 heavy (non-hydrogen) atoms. The molecule has 3 aromatic carbocycles. The summed E-state index contributed by atoms with van der Waals surface area (Å²) >= 11 is 0. The van der Waals surface area contributed by atoms with Crippen molar-refractivity contribution in [3.8, 4) is 16.9 Å². The van der Waals surface area contributed by atoms with E-state index in [2.05, 4.69) is 36.5 Å². The predicted octanol–water partition coefficient (Wildman–Crippen LogP) is 6.67. The van der Waals surface area contributed by atoms with Crippen molar-refractivity contribution in [3.63, 3.8) is 0 Å². The zero-order valence-electron chi connectivity index (χ0n) is 18.9. The van der Waals surface area contributed by atoms with E-state index in [1.54, 1.807) is 24.5 Å². The lowest BCUT2D eigenvalue weighted by atomic mass is 9.98. The van der Waals surface area contributed by atoms with Crippen LogP contribution >= 0.6 is 0 Å². The number of halogens is 1. The van der Waals surface area contributed by atoms with Gasteiger partial charge in [0.25, 0.3) is 0 Å². The third kappa shape index (κ3) is 5.14. The SMILES string of the molecule is CCOc1cc2occ(-c3ccc(C)cc3)c2cc1/C(C)=C/C(=O)NCc1ccc(F)cc1. The first-order valence-electron chi connectivity index (χ1n) is 10.9. The number of furan rings is 1. The third-order valence-electron chi connectivity index (χ3n) is 5.49. The Kier molecular flexibility index (Phi) is 6.59. The van der Waals surface area contributed by atoms with Gasteiger partial charge in [0.1, 0.15) is 17.1 Å². The molecule has 168 valence electrons. The molecule has 0 bridgehead atoms. The second-order valence-electron chi connectivity index (χ2n) is 7.96. The topological polar surface area (TPSA) is 51.5 Å². The molecule has 0 radical (unpaired) electrons. The quantitative estimate of drug-likeness (QED) is 0.325. The van der Waals surface area contributed by atoms with Crippen LogP contribution in [-0.2, 0) is 11.3 Å². The van der Waals surface area contributed by atoms with Crippen molar-refractivity contribution >= 4 is 22.4 Å². The number of fused-ring (bicyclic) bond motifs is 1. The van der Waals surface area contributed by atoms with E-state index in [0.29, 0.717) is 18.9 Å². The van der Waals surface area contributed by atoms with Crippen LogP contribution in [0.15, 0.2) is 77.4 Å². The predicted molar refractivity (Wildman–Crippen MR) is 129 cm³/mol. The van der Waals surface area contributed by atoms with Gasteiger partial charge in [-0.15, -0.1) is 0 Å². The van der Waals surface area contributed by atoms with Crippen LogP contribution in [0, 0.1) is 12.7 Å². The molecule has 0 aliphatic carbocycles. The molecule has 4 aromatic rings. The van der Waals surface area contributed by atoms with Crippen LogP contribution in [0.25, 0.3) is 27.7 Å². The molecule has 5 heteroatoms. The molecular formula is C28H26FNO3. The normalized spacial score (nSPS) is 11.6. The molecule has 0 fully saturated rings. The Hall–Kier alpha value is -3.86. The summed E-state index contributed by atoms with van der Waals surface area (Å²) in [4.78, 5) is 12.5. The van der Waals surface area contributed by atoms with Gasteiger partial charge < -0.3 is 14.5 Å². The molecule has 0 saturated carbocycles. The van der Waals surface area contributed by atoms with Crippen molar-refractivity contribution in [2.24, 2.45) is 0 Å². The Morgan fingerprint density at radius 3 is 2.52 bits per heavy atom. The van der Waals surface area contributed by atoms with Crippen molar-refractivity contribution in [2.75, 3.05) is 6.61 Å². The number of amides is 1. The summed E-state index contributed by atoms with van der Waals surface area (Å²) in [6, 6.07) is 18.2. The largest absolute Gasteiger partial charge is 0.493 e. The number of ether oxygens (including phenoxy) is 1. The minimum absolute atomic E-state index is 0.231. The molecule has 1 aromatic heterocycles. The summed E-state index contributed by atoms with van der Waals surface area (Å²) in [6.07, 6.45) is 3.31. The molecular weight excluding hydrogens is 417 g/mol. The maximum atomic E-state index is 13.1. The summed E-state index contributed by atoms with van der Waals surface area (Å²) in [5.74, 6) is 0.129. The lowest BCUT2D eigenvalue weighted by molar-refractivity contribution is -0.116. The Morgan fingerprint density at radius 2 is 1.82 bits per heavy atom. The van der Waals surface area contributed by atoms with Crippen molar-refractivity contribution in [3.05, 3.63) is 95.5 Å². The summed E-state index contributed by atoms with van der Waals surface area (Å²) < 4.78 is 24.8. The van der Waals surface area contributed by atoms with Crippen LogP contribution in [0.4, 0.5) is 4.39 Å². The molecule has 1 amide bonds. The smallest absolute Gasteiger partial charge is 0.244 e. The van der Waals surface area contributed by atoms with Gasteiger partial charge in [0, 0.05) is 35.2 Å². The second kappa shape index (κ2) is 9.74. The maximum absolute atomic E-state index is 13.1. The standard InChI is InChI=1S/C28H26FNO3/c1-4-32-26-15-27-24(25(17-33-27)21-9-5-18(2)6-10-21)14-23(26)19(3)13-28(31)30-16-20-7-11-22(29)12-8-20/h5-15,17H,4,16H2,1-3H3,(H,30,31)/b19-13+. The molecule has 4 nitrogen and oxygen atoms in total.